The Morgan fingerprint density at radius 2 is 1.79 bits per heavy atom. The molecule has 3 aromatic carbocycles. The van der Waals surface area contributed by atoms with Crippen molar-refractivity contribution in [3.8, 4) is 11.3 Å². The topological polar surface area (TPSA) is 53.4 Å². The van der Waals surface area contributed by atoms with Crippen LogP contribution in [0.25, 0.3) is 28.2 Å². The molecule has 0 aliphatic heterocycles. The van der Waals surface area contributed by atoms with Crippen LogP contribution >= 0.6 is 11.6 Å². The molecule has 0 spiro atoms. The van der Waals surface area contributed by atoms with E-state index in [0.29, 0.717) is 17.9 Å². The molecule has 4 rings (SSSR count). The zero-order valence-corrected chi connectivity index (χ0v) is 19.7. The van der Waals surface area contributed by atoms with Crippen LogP contribution in [0.2, 0.25) is 5.02 Å². The Morgan fingerprint density at radius 1 is 1.03 bits per heavy atom. The highest BCUT2D eigenvalue weighted by molar-refractivity contribution is 6.31. The Kier molecular flexibility index (Phi) is 6.66. The summed E-state index contributed by atoms with van der Waals surface area (Å²) in [6, 6.07) is 23.3. The minimum absolute atomic E-state index is 0.514. The van der Waals surface area contributed by atoms with Crippen molar-refractivity contribution in [1.29, 1.82) is 0 Å². The summed E-state index contributed by atoms with van der Waals surface area (Å²) < 4.78 is 0. The van der Waals surface area contributed by atoms with Gasteiger partial charge in [-0.15, -0.1) is 0 Å². The van der Waals surface area contributed by atoms with E-state index in [1.165, 1.54) is 0 Å². The quantitative estimate of drug-likeness (QED) is 0.311. The van der Waals surface area contributed by atoms with Crippen molar-refractivity contribution in [3.63, 3.8) is 0 Å². The number of rotatable bonds is 7. The smallest absolute Gasteiger partial charge is 0.0843 e. The van der Waals surface area contributed by atoms with Crippen molar-refractivity contribution in [1.82, 2.24) is 4.98 Å². The van der Waals surface area contributed by atoms with Gasteiger partial charge >= 0.3 is 0 Å². The van der Waals surface area contributed by atoms with Gasteiger partial charge in [0.1, 0.15) is 0 Å². The number of halogens is 1. The van der Waals surface area contributed by atoms with Gasteiger partial charge in [0.25, 0.3) is 0 Å². The Hall–Kier alpha value is -2.98. The molecule has 0 saturated carbocycles. The van der Waals surface area contributed by atoms with Crippen molar-refractivity contribution in [2.45, 2.75) is 38.4 Å². The summed E-state index contributed by atoms with van der Waals surface area (Å²) in [7, 11) is 0. The predicted octanol–water partition coefficient (Wildman–Crippen LogP) is 7.09. The van der Waals surface area contributed by atoms with Gasteiger partial charge in [0.2, 0.25) is 0 Å². The number of nitrogens with zero attached hydrogens (tertiary/aromatic N) is 1. The van der Waals surface area contributed by atoms with E-state index < -0.39 is 11.7 Å². The van der Waals surface area contributed by atoms with Crippen LogP contribution in [0.5, 0.6) is 0 Å². The van der Waals surface area contributed by atoms with Crippen LogP contribution < -0.4 is 0 Å². The predicted molar refractivity (Wildman–Crippen MR) is 137 cm³/mol. The van der Waals surface area contributed by atoms with Gasteiger partial charge in [0.05, 0.1) is 22.9 Å². The normalized spacial score (nSPS) is 12.6. The van der Waals surface area contributed by atoms with Crippen molar-refractivity contribution in [2.24, 2.45) is 0 Å². The number of hydrogen-bond acceptors (Lipinski definition) is 3. The molecular formula is C29H28ClNO2. The third-order valence-electron chi connectivity index (χ3n) is 5.98. The van der Waals surface area contributed by atoms with Crippen molar-refractivity contribution >= 4 is 28.6 Å². The molecular weight excluding hydrogens is 430 g/mol. The van der Waals surface area contributed by atoms with Crippen molar-refractivity contribution in [3.05, 3.63) is 107 Å². The molecule has 0 saturated heterocycles. The van der Waals surface area contributed by atoms with Crippen LogP contribution in [0.15, 0.2) is 79.4 Å². The maximum absolute atomic E-state index is 11.2. The second-order valence-electron chi connectivity index (χ2n) is 8.82. The first-order chi connectivity index (χ1) is 15.8. The van der Waals surface area contributed by atoms with Gasteiger partial charge in [-0.05, 0) is 67.1 Å². The second-order valence-corrected chi connectivity index (χ2v) is 9.26. The van der Waals surface area contributed by atoms with Crippen molar-refractivity contribution in [2.75, 3.05) is 0 Å². The molecule has 1 atom stereocenters. The number of fused-ring (bicyclic) bond motifs is 1. The molecule has 0 bridgehead atoms. The molecule has 0 amide bonds. The van der Waals surface area contributed by atoms with E-state index in [1.807, 2.05) is 72.8 Å². The fourth-order valence-corrected chi connectivity index (χ4v) is 4.51. The lowest BCUT2D eigenvalue weighted by molar-refractivity contribution is 0.0772. The number of aliphatic hydroxyl groups is 2. The van der Waals surface area contributed by atoms with E-state index >= 15 is 0 Å². The molecule has 4 heteroatoms. The molecule has 33 heavy (non-hydrogen) atoms. The minimum Gasteiger partial charge on any atom is -0.388 e. The minimum atomic E-state index is -0.939. The third-order valence-corrected chi connectivity index (χ3v) is 6.22. The molecule has 2 N–H and O–H groups in total. The Labute approximate surface area is 200 Å². The first-order valence-electron chi connectivity index (χ1n) is 11.1. The van der Waals surface area contributed by atoms with Crippen LogP contribution in [-0.2, 0) is 12.0 Å². The van der Waals surface area contributed by atoms with E-state index in [4.69, 9.17) is 16.6 Å². The molecule has 0 fully saturated rings. The Bertz CT molecular complexity index is 1310. The fourth-order valence-electron chi connectivity index (χ4n) is 4.34. The van der Waals surface area contributed by atoms with E-state index in [1.54, 1.807) is 19.9 Å². The zero-order chi connectivity index (χ0) is 23.6. The molecule has 0 aliphatic rings. The molecule has 4 aromatic rings. The summed E-state index contributed by atoms with van der Waals surface area (Å²) in [6.07, 6.45) is 2.24. The van der Waals surface area contributed by atoms with E-state index in [2.05, 4.69) is 6.58 Å². The van der Waals surface area contributed by atoms with Crippen LogP contribution in [0.3, 0.4) is 0 Å². The van der Waals surface area contributed by atoms with Gasteiger partial charge in [-0.25, -0.2) is 4.98 Å². The largest absolute Gasteiger partial charge is 0.388 e. The highest BCUT2D eigenvalue weighted by Crippen LogP contribution is 2.35. The lowest BCUT2D eigenvalue weighted by Crippen LogP contribution is -2.18. The summed E-state index contributed by atoms with van der Waals surface area (Å²) in [5.41, 5.74) is 5.14. The van der Waals surface area contributed by atoms with Crippen LogP contribution in [-0.4, -0.2) is 15.2 Å². The summed E-state index contributed by atoms with van der Waals surface area (Å²) in [4.78, 5) is 4.85. The van der Waals surface area contributed by atoms with E-state index in [-0.39, 0.29) is 0 Å². The van der Waals surface area contributed by atoms with Crippen molar-refractivity contribution < 1.29 is 10.2 Å². The lowest BCUT2D eigenvalue weighted by Gasteiger charge is -2.23. The lowest BCUT2D eigenvalue weighted by atomic mass is 9.88. The Balaban J connectivity index is 1.71. The first-order valence-corrected chi connectivity index (χ1v) is 11.5. The molecule has 1 heterocycles. The SMILES string of the molecule is C=Cc1cccc([C@@H](O)CCc2ccccc2C(C)(C)O)c1-c1ccc2ccc(Cl)cc2n1. The number of pyridine rings is 1. The molecule has 0 aliphatic carbocycles. The monoisotopic (exact) mass is 457 g/mol. The van der Waals surface area contributed by atoms with E-state index in [9.17, 15) is 10.2 Å². The molecule has 0 radical (unpaired) electrons. The third kappa shape index (κ3) is 5.01. The first kappa shape index (κ1) is 23.2. The van der Waals surface area contributed by atoms with Gasteiger partial charge in [0.15, 0.2) is 0 Å². The molecule has 1 aromatic heterocycles. The van der Waals surface area contributed by atoms with Gasteiger partial charge in [-0.2, -0.15) is 0 Å². The second kappa shape index (κ2) is 9.48. The van der Waals surface area contributed by atoms with Crippen LogP contribution in [0.1, 0.15) is 48.6 Å². The average Bonchev–Trinajstić information content (AvgIpc) is 2.81. The number of aromatic nitrogens is 1. The van der Waals surface area contributed by atoms with Crippen LogP contribution in [0.4, 0.5) is 0 Å². The van der Waals surface area contributed by atoms with E-state index in [0.717, 1.165) is 44.4 Å². The standard InChI is InChI=1S/C29H28ClNO2/c1-4-19-9-7-10-23(27(32)17-14-20-8-5-6-11-24(20)29(2,3)33)28(19)25-16-13-21-12-15-22(30)18-26(21)31-25/h4-13,15-16,18,27,32-33H,1,14,17H2,2-3H3/t27-/m0/s1. The molecule has 168 valence electrons. The number of aryl methyl sites for hydroxylation is 1. The van der Waals surface area contributed by atoms with Gasteiger partial charge in [0, 0.05) is 16.0 Å². The van der Waals surface area contributed by atoms with Gasteiger partial charge in [-0.1, -0.05) is 78.9 Å². The van der Waals surface area contributed by atoms with Gasteiger partial charge < -0.3 is 10.2 Å². The summed E-state index contributed by atoms with van der Waals surface area (Å²) in [5, 5.41) is 23.4. The number of hydrogen-bond donors (Lipinski definition) is 2. The number of aliphatic hydroxyl groups excluding tert-OH is 1. The summed E-state index contributed by atoms with van der Waals surface area (Å²) in [6.45, 7) is 7.53. The highest BCUT2D eigenvalue weighted by Gasteiger charge is 2.21. The maximum atomic E-state index is 11.2. The molecule has 3 nitrogen and oxygen atoms in total. The molecule has 0 unspecified atom stereocenters. The maximum Gasteiger partial charge on any atom is 0.0843 e. The van der Waals surface area contributed by atoms with Crippen LogP contribution in [0, 0.1) is 0 Å². The highest BCUT2D eigenvalue weighted by atomic mass is 35.5. The average molecular weight is 458 g/mol. The van der Waals surface area contributed by atoms with Gasteiger partial charge in [-0.3, -0.25) is 0 Å². The Morgan fingerprint density at radius 3 is 2.55 bits per heavy atom. The summed E-state index contributed by atoms with van der Waals surface area (Å²) >= 11 is 6.19. The number of benzene rings is 3. The zero-order valence-electron chi connectivity index (χ0n) is 18.9. The fraction of sp³-hybridized carbons (Fsp3) is 0.207. The summed E-state index contributed by atoms with van der Waals surface area (Å²) in [5.74, 6) is 0.